The topological polar surface area (TPSA) is 39.9 Å². The predicted molar refractivity (Wildman–Crippen MR) is 68.8 cm³/mol. The Morgan fingerprint density at radius 2 is 2.12 bits per heavy atom. The first-order chi connectivity index (χ1) is 8.17. The summed E-state index contributed by atoms with van der Waals surface area (Å²) in [7, 11) is 0. The number of anilines is 1. The molecule has 1 saturated heterocycles. The highest BCUT2D eigenvalue weighted by molar-refractivity contribution is 5.46. The van der Waals surface area contributed by atoms with Gasteiger partial charge in [0.25, 0.3) is 0 Å². The Labute approximate surface area is 103 Å². The zero-order valence-electron chi connectivity index (χ0n) is 10.6. The molecule has 1 aliphatic rings. The van der Waals surface area contributed by atoms with Crippen molar-refractivity contribution in [1.82, 2.24) is 4.98 Å². The molecule has 0 bridgehead atoms. The lowest BCUT2D eigenvalue weighted by Crippen LogP contribution is -2.38. The van der Waals surface area contributed by atoms with Gasteiger partial charge in [-0.1, -0.05) is 20.3 Å². The fourth-order valence-corrected chi connectivity index (χ4v) is 2.30. The lowest BCUT2D eigenvalue weighted by molar-refractivity contribution is 0.238. The predicted octanol–water partition coefficient (Wildman–Crippen LogP) is 2.97. The van der Waals surface area contributed by atoms with Crippen LogP contribution in [0.4, 0.5) is 5.69 Å². The summed E-state index contributed by atoms with van der Waals surface area (Å²) in [6.07, 6.45) is 5.55. The molecule has 0 spiro atoms. The third kappa shape index (κ3) is 2.58. The highest BCUT2D eigenvalue weighted by atomic mass is 15.1. The van der Waals surface area contributed by atoms with E-state index < -0.39 is 0 Å². The van der Waals surface area contributed by atoms with Crippen molar-refractivity contribution in [2.24, 2.45) is 5.41 Å². The average Bonchev–Trinajstić information content (AvgIpc) is 2.40. The van der Waals surface area contributed by atoms with Gasteiger partial charge < -0.3 is 4.90 Å². The molecule has 2 rings (SSSR count). The molecule has 1 fully saturated rings. The molecule has 0 aliphatic carbocycles. The minimum Gasteiger partial charge on any atom is -0.370 e. The summed E-state index contributed by atoms with van der Waals surface area (Å²) in [4.78, 5) is 6.49. The summed E-state index contributed by atoms with van der Waals surface area (Å²) in [5, 5.41) is 8.71. The fourth-order valence-electron chi connectivity index (χ4n) is 2.30. The van der Waals surface area contributed by atoms with Gasteiger partial charge in [0.05, 0.1) is 11.9 Å². The molecule has 0 amide bonds. The second-order valence-electron chi connectivity index (χ2n) is 5.16. The van der Waals surface area contributed by atoms with Gasteiger partial charge in [-0.2, -0.15) is 5.26 Å². The lowest BCUT2D eigenvalue weighted by Gasteiger charge is -2.39. The van der Waals surface area contributed by atoms with Gasteiger partial charge >= 0.3 is 0 Å². The molecule has 0 radical (unpaired) electrons. The van der Waals surface area contributed by atoms with Crippen molar-refractivity contribution in [3.8, 4) is 6.07 Å². The van der Waals surface area contributed by atoms with Crippen LogP contribution in [0.1, 0.15) is 38.8 Å². The first-order valence-corrected chi connectivity index (χ1v) is 6.28. The maximum absolute atomic E-state index is 8.71. The molecule has 0 aromatic carbocycles. The van der Waals surface area contributed by atoms with Gasteiger partial charge in [0.2, 0.25) is 0 Å². The van der Waals surface area contributed by atoms with Crippen LogP contribution in [-0.4, -0.2) is 18.1 Å². The smallest absolute Gasteiger partial charge is 0.140 e. The highest BCUT2D eigenvalue weighted by Gasteiger charge is 2.28. The van der Waals surface area contributed by atoms with Crippen molar-refractivity contribution in [2.75, 3.05) is 18.0 Å². The van der Waals surface area contributed by atoms with E-state index in [-0.39, 0.29) is 0 Å². The first-order valence-electron chi connectivity index (χ1n) is 6.28. The Balaban J connectivity index is 2.03. The molecule has 0 saturated carbocycles. The molecular formula is C14H19N3. The minimum absolute atomic E-state index is 0.490. The molecular weight excluding hydrogens is 210 g/mol. The van der Waals surface area contributed by atoms with E-state index in [0.717, 1.165) is 18.8 Å². The normalized spacial score (nSPS) is 18.8. The SMILES string of the molecule is CCC1(C)CCN(c2ccc(C#N)nc2)CC1. The molecule has 0 unspecified atom stereocenters. The third-order valence-electron chi connectivity index (χ3n) is 4.05. The molecule has 1 aromatic heterocycles. The van der Waals surface area contributed by atoms with Crippen LogP contribution in [0.2, 0.25) is 0 Å². The summed E-state index contributed by atoms with van der Waals surface area (Å²) in [5.74, 6) is 0. The Morgan fingerprint density at radius 1 is 1.41 bits per heavy atom. The van der Waals surface area contributed by atoms with E-state index >= 15 is 0 Å². The van der Waals surface area contributed by atoms with Crippen molar-refractivity contribution < 1.29 is 0 Å². The van der Waals surface area contributed by atoms with Crippen molar-refractivity contribution in [1.29, 1.82) is 5.26 Å². The molecule has 0 atom stereocenters. The number of nitriles is 1. The van der Waals surface area contributed by atoms with Gasteiger partial charge in [-0.15, -0.1) is 0 Å². The Morgan fingerprint density at radius 3 is 2.59 bits per heavy atom. The molecule has 3 nitrogen and oxygen atoms in total. The fraction of sp³-hybridized carbons (Fsp3) is 0.571. The van der Waals surface area contributed by atoms with Crippen LogP contribution >= 0.6 is 0 Å². The zero-order valence-corrected chi connectivity index (χ0v) is 10.6. The van der Waals surface area contributed by atoms with Crippen LogP contribution in [-0.2, 0) is 0 Å². The number of hydrogen-bond donors (Lipinski definition) is 0. The Bertz CT molecular complexity index is 408. The van der Waals surface area contributed by atoms with Gasteiger partial charge in [-0.05, 0) is 30.4 Å². The van der Waals surface area contributed by atoms with Crippen LogP contribution in [0.3, 0.4) is 0 Å². The number of rotatable bonds is 2. The van der Waals surface area contributed by atoms with Crippen LogP contribution in [0, 0.1) is 16.7 Å². The standard InChI is InChI=1S/C14H19N3/c1-3-14(2)6-8-17(9-7-14)13-5-4-12(10-15)16-11-13/h4-5,11H,3,6-9H2,1-2H3. The number of pyridine rings is 1. The van der Waals surface area contributed by atoms with E-state index in [2.05, 4.69) is 23.7 Å². The Kier molecular flexibility index (Phi) is 3.33. The number of aromatic nitrogens is 1. The van der Waals surface area contributed by atoms with E-state index in [0.29, 0.717) is 11.1 Å². The maximum atomic E-state index is 8.71. The van der Waals surface area contributed by atoms with Gasteiger partial charge in [-0.25, -0.2) is 4.98 Å². The van der Waals surface area contributed by atoms with Gasteiger partial charge in [0, 0.05) is 13.1 Å². The molecule has 2 heterocycles. The first kappa shape index (κ1) is 11.9. The summed E-state index contributed by atoms with van der Waals surface area (Å²) in [6, 6.07) is 5.84. The second kappa shape index (κ2) is 4.75. The average molecular weight is 229 g/mol. The van der Waals surface area contributed by atoms with Gasteiger partial charge in [-0.3, -0.25) is 0 Å². The molecule has 1 aliphatic heterocycles. The molecule has 17 heavy (non-hydrogen) atoms. The van der Waals surface area contributed by atoms with Crippen LogP contribution in [0.25, 0.3) is 0 Å². The Hall–Kier alpha value is -1.56. The number of hydrogen-bond acceptors (Lipinski definition) is 3. The molecule has 0 N–H and O–H groups in total. The van der Waals surface area contributed by atoms with Crippen molar-refractivity contribution in [3.63, 3.8) is 0 Å². The molecule has 90 valence electrons. The highest BCUT2D eigenvalue weighted by Crippen LogP contribution is 2.35. The molecule has 1 aromatic rings. The number of nitrogens with zero attached hydrogens (tertiary/aromatic N) is 3. The monoisotopic (exact) mass is 229 g/mol. The summed E-state index contributed by atoms with van der Waals surface area (Å²) < 4.78 is 0. The van der Waals surface area contributed by atoms with Crippen molar-refractivity contribution in [3.05, 3.63) is 24.0 Å². The second-order valence-corrected chi connectivity index (χ2v) is 5.16. The van der Waals surface area contributed by atoms with Crippen LogP contribution in [0.5, 0.6) is 0 Å². The molecule has 3 heteroatoms. The summed E-state index contributed by atoms with van der Waals surface area (Å²) >= 11 is 0. The van der Waals surface area contributed by atoms with E-state index in [9.17, 15) is 0 Å². The van der Waals surface area contributed by atoms with Crippen molar-refractivity contribution >= 4 is 5.69 Å². The van der Waals surface area contributed by atoms with Crippen LogP contribution < -0.4 is 4.90 Å². The van der Waals surface area contributed by atoms with Gasteiger partial charge in [0.15, 0.2) is 0 Å². The maximum Gasteiger partial charge on any atom is 0.140 e. The summed E-state index contributed by atoms with van der Waals surface area (Å²) in [6.45, 7) is 6.84. The van der Waals surface area contributed by atoms with Crippen LogP contribution in [0.15, 0.2) is 18.3 Å². The lowest BCUT2D eigenvalue weighted by atomic mass is 9.78. The van der Waals surface area contributed by atoms with E-state index in [1.165, 1.54) is 19.3 Å². The zero-order chi connectivity index (χ0) is 12.3. The van der Waals surface area contributed by atoms with Crippen molar-refractivity contribution in [2.45, 2.75) is 33.1 Å². The van der Waals surface area contributed by atoms with E-state index in [1.54, 1.807) is 6.07 Å². The van der Waals surface area contributed by atoms with E-state index in [4.69, 9.17) is 5.26 Å². The summed E-state index contributed by atoms with van der Waals surface area (Å²) in [5.41, 5.74) is 2.14. The third-order valence-corrected chi connectivity index (χ3v) is 4.05. The number of piperidine rings is 1. The quantitative estimate of drug-likeness (QED) is 0.782. The minimum atomic E-state index is 0.490. The van der Waals surface area contributed by atoms with E-state index in [1.807, 2.05) is 18.3 Å². The largest absolute Gasteiger partial charge is 0.370 e. The van der Waals surface area contributed by atoms with Gasteiger partial charge in [0.1, 0.15) is 11.8 Å².